The number of para-hydroxylation sites is 1. The lowest BCUT2D eigenvalue weighted by molar-refractivity contribution is 1.32. The molecule has 0 radical (unpaired) electrons. The van der Waals surface area contributed by atoms with Crippen LogP contribution in [0.3, 0.4) is 0 Å². The third kappa shape index (κ3) is 2.65. The van der Waals surface area contributed by atoms with E-state index < -0.39 is 0 Å². The fourth-order valence-electron chi connectivity index (χ4n) is 1.26. The zero-order valence-electron chi connectivity index (χ0n) is 8.35. The highest BCUT2D eigenvalue weighted by Gasteiger charge is 2.03. The van der Waals surface area contributed by atoms with Crippen molar-refractivity contribution in [3.8, 4) is 0 Å². The van der Waals surface area contributed by atoms with E-state index in [1.165, 1.54) is 0 Å². The van der Waals surface area contributed by atoms with Gasteiger partial charge in [-0.25, -0.2) is 0 Å². The van der Waals surface area contributed by atoms with Crippen molar-refractivity contribution in [2.45, 2.75) is 0 Å². The lowest BCUT2D eigenvalue weighted by Gasteiger charge is -2.09. The number of thiocarbonyl (C=S) groups is 1. The van der Waals surface area contributed by atoms with Crippen LogP contribution in [0, 0.1) is 0 Å². The van der Waals surface area contributed by atoms with Crippen LogP contribution in [0.4, 0.5) is 5.69 Å². The molecule has 2 rings (SSSR count). The number of benzene rings is 1. The second kappa shape index (κ2) is 5.18. The third-order valence-electron chi connectivity index (χ3n) is 2.06. The molecule has 4 heteroatoms. The van der Waals surface area contributed by atoms with Gasteiger partial charge in [0.2, 0.25) is 0 Å². The van der Waals surface area contributed by atoms with E-state index in [0.717, 1.165) is 15.7 Å². The van der Waals surface area contributed by atoms with E-state index >= 15 is 0 Å². The van der Waals surface area contributed by atoms with E-state index in [1.807, 2.05) is 36.4 Å². The van der Waals surface area contributed by atoms with E-state index in [2.05, 4.69) is 26.2 Å². The number of hydrogen-bond donors (Lipinski definition) is 1. The van der Waals surface area contributed by atoms with Gasteiger partial charge in [0.1, 0.15) is 4.99 Å². The number of rotatable bonds is 2. The SMILES string of the molecule is S=C(Nc1ccccc1Br)c1ccncc1. The van der Waals surface area contributed by atoms with Crippen molar-refractivity contribution >= 4 is 38.8 Å². The normalized spacial score (nSPS) is 9.81. The number of hydrogen-bond acceptors (Lipinski definition) is 2. The lowest BCUT2D eigenvalue weighted by atomic mass is 10.2. The summed E-state index contributed by atoms with van der Waals surface area (Å²) in [5, 5.41) is 3.18. The predicted molar refractivity (Wildman–Crippen MR) is 73.7 cm³/mol. The Balaban J connectivity index is 2.18. The standard InChI is InChI=1S/C12H9BrN2S/c13-10-3-1-2-4-11(10)15-12(16)9-5-7-14-8-6-9/h1-8H,(H,15,16). The molecule has 0 amide bonds. The monoisotopic (exact) mass is 292 g/mol. The average Bonchev–Trinajstić information content (AvgIpc) is 2.33. The summed E-state index contributed by atoms with van der Waals surface area (Å²) < 4.78 is 0.992. The zero-order chi connectivity index (χ0) is 11.4. The van der Waals surface area contributed by atoms with Crippen LogP contribution >= 0.6 is 28.1 Å². The zero-order valence-corrected chi connectivity index (χ0v) is 10.8. The molecule has 0 saturated heterocycles. The van der Waals surface area contributed by atoms with Crippen LogP contribution in [0.2, 0.25) is 0 Å². The summed E-state index contributed by atoms with van der Waals surface area (Å²) in [6.07, 6.45) is 3.45. The minimum absolute atomic E-state index is 0.689. The molecule has 80 valence electrons. The van der Waals surface area contributed by atoms with Gasteiger partial charge in [0.15, 0.2) is 0 Å². The van der Waals surface area contributed by atoms with Crippen LogP contribution in [0.15, 0.2) is 53.3 Å². The molecule has 2 aromatic rings. The molecule has 0 aliphatic carbocycles. The molecule has 0 fully saturated rings. The van der Waals surface area contributed by atoms with Gasteiger partial charge in [0.05, 0.1) is 5.69 Å². The summed E-state index contributed by atoms with van der Waals surface area (Å²) in [7, 11) is 0. The first-order valence-electron chi connectivity index (χ1n) is 4.73. The van der Waals surface area contributed by atoms with Gasteiger partial charge < -0.3 is 5.32 Å². The minimum Gasteiger partial charge on any atom is -0.345 e. The first-order valence-corrected chi connectivity index (χ1v) is 5.93. The Morgan fingerprint density at radius 2 is 1.81 bits per heavy atom. The maximum absolute atomic E-state index is 5.30. The molecule has 0 atom stereocenters. The van der Waals surface area contributed by atoms with Crippen molar-refractivity contribution in [1.29, 1.82) is 0 Å². The summed E-state index contributed by atoms with van der Waals surface area (Å²) in [5.41, 5.74) is 1.92. The number of nitrogens with zero attached hydrogens (tertiary/aromatic N) is 1. The number of anilines is 1. The van der Waals surface area contributed by atoms with Crippen LogP contribution in [0.5, 0.6) is 0 Å². The largest absolute Gasteiger partial charge is 0.345 e. The first-order chi connectivity index (χ1) is 7.77. The van der Waals surface area contributed by atoms with Gasteiger partial charge in [-0.2, -0.15) is 0 Å². The van der Waals surface area contributed by atoms with Crippen molar-refractivity contribution in [2.75, 3.05) is 5.32 Å². The van der Waals surface area contributed by atoms with Crippen LogP contribution in [0.25, 0.3) is 0 Å². The Hall–Kier alpha value is -1.26. The van der Waals surface area contributed by atoms with Crippen LogP contribution in [-0.2, 0) is 0 Å². The van der Waals surface area contributed by atoms with Crippen molar-refractivity contribution in [3.05, 3.63) is 58.8 Å². The van der Waals surface area contributed by atoms with Gasteiger partial charge in [0, 0.05) is 22.4 Å². The Labute approximate surface area is 108 Å². The average molecular weight is 293 g/mol. The van der Waals surface area contributed by atoms with Gasteiger partial charge in [-0.1, -0.05) is 24.4 Å². The highest BCUT2D eigenvalue weighted by Crippen LogP contribution is 2.21. The van der Waals surface area contributed by atoms with Gasteiger partial charge in [-0.15, -0.1) is 0 Å². The molecular formula is C12H9BrN2S. The molecule has 0 unspecified atom stereocenters. The molecule has 0 aliphatic heterocycles. The number of aromatic nitrogens is 1. The topological polar surface area (TPSA) is 24.9 Å². The van der Waals surface area contributed by atoms with E-state index in [-0.39, 0.29) is 0 Å². The fourth-order valence-corrected chi connectivity index (χ4v) is 1.89. The lowest BCUT2D eigenvalue weighted by Crippen LogP contribution is -2.10. The number of nitrogens with one attached hydrogen (secondary N) is 1. The van der Waals surface area contributed by atoms with Gasteiger partial charge >= 0.3 is 0 Å². The molecule has 1 aromatic carbocycles. The van der Waals surface area contributed by atoms with Crippen molar-refractivity contribution < 1.29 is 0 Å². The highest BCUT2D eigenvalue weighted by atomic mass is 79.9. The Bertz CT molecular complexity index is 499. The molecule has 1 N–H and O–H groups in total. The second-order valence-electron chi connectivity index (χ2n) is 3.17. The van der Waals surface area contributed by atoms with Gasteiger partial charge in [0.25, 0.3) is 0 Å². The van der Waals surface area contributed by atoms with Crippen molar-refractivity contribution in [2.24, 2.45) is 0 Å². The quantitative estimate of drug-likeness (QED) is 0.856. The summed E-state index contributed by atoms with van der Waals surface area (Å²) >= 11 is 8.77. The summed E-state index contributed by atoms with van der Waals surface area (Å²) in [6, 6.07) is 11.6. The van der Waals surface area contributed by atoms with E-state index in [0.29, 0.717) is 4.99 Å². The highest BCUT2D eigenvalue weighted by molar-refractivity contribution is 9.10. The number of halogens is 1. The van der Waals surface area contributed by atoms with E-state index in [9.17, 15) is 0 Å². The Morgan fingerprint density at radius 1 is 1.12 bits per heavy atom. The first kappa shape index (κ1) is 11.2. The maximum atomic E-state index is 5.30. The summed E-state index contributed by atoms with van der Waals surface area (Å²) in [4.78, 5) is 4.64. The predicted octanol–water partition coefficient (Wildman–Crippen LogP) is 3.63. The molecular weight excluding hydrogens is 284 g/mol. The molecule has 1 heterocycles. The third-order valence-corrected chi connectivity index (χ3v) is 3.09. The minimum atomic E-state index is 0.689. The van der Waals surface area contributed by atoms with Gasteiger partial charge in [-0.3, -0.25) is 4.98 Å². The molecule has 0 saturated carbocycles. The molecule has 0 aliphatic rings. The second-order valence-corrected chi connectivity index (χ2v) is 4.43. The Morgan fingerprint density at radius 3 is 2.50 bits per heavy atom. The van der Waals surface area contributed by atoms with Crippen LogP contribution < -0.4 is 5.32 Å². The molecule has 1 aromatic heterocycles. The summed E-state index contributed by atoms with van der Waals surface area (Å²) in [6.45, 7) is 0. The van der Waals surface area contributed by atoms with Crippen molar-refractivity contribution in [1.82, 2.24) is 4.98 Å². The Kier molecular flexibility index (Phi) is 3.64. The smallest absolute Gasteiger partial charge is 0.111 e. The van der Waals surface area contributed by atoms with Gasteiger partial charge in [-0.05, 0) is 40.2 Å². The van der Waals surface area contributed by atoms with Crippen molar-refractivity contribution in [3.63, 3.8) is 0 Å². The molecule has 0 spiro atoms. The fraction of sp³-hybridized carbons (Fsp3) is 0. The van der Waals surface area contributed by atoms with Crippen LogP contribution in [0.1, 0.15) is 5.56 Å². The van der Waals surface area contributed by atoms with Crippen LogP contribution in [-0.4, -0.2) is 9.97 Å². The summed E-state index contributed by atoms with van der Waals surface area (Å²) in [5.74, 6) is 0. The molecule has 2 nitrogen and oxygen atoms in total. The molecule has 0 bridgehead atoms. The number of pyridine rings is 1. The molecule has 16 heavy (non-hydrogen) atoms. The van der Waals surface area contributed by atoms with E-state index in [4.69, 9.17) is 12.2 Å². The maximum Gasteiger partial charge on any atom is 0.111 e. The van der Waals surface area contributed by atoms with E-state index in [1.54, 1.807) is 12.4 Å².